The summed E-state index contributed by atoms with van der Waals surface area (Å²) in [5.74, 6) is -3.03. The van der Waals surface area contributed by atoms with Crippen molar-refractivity contribution in [1.29, 1.82) is 0 Å². The summed E-state index contributed by atoms with van der Waals surface area (Å²) < 4.78 is 70.4. The Morgan fingerprint density at radius 3 is 1.76 bits per heavy atom. The van der Waals surface area contributed by atoms with Gasteiger partial charge in [-0.05, 0) is 110 Å². The molecule has 10 fully saturated rings. The number of rotatable bonds is 14. The largest absolute Gasteiger partial charge is 0.479 e. The topological polar surface area (TPSA) is 489 Å². The molecule has 36 atom stereocenters. The molecule has 4 saturated carbocycles. The van der Waals surface area contributed by atoms with Crippen molar-refractivity contribution in [3.63, 3.8) is 0 Å². The number of allylic oxidation sites excluding steroid dienone is 2. The maximum Gasteiger partial charge on any atom is 0.335 e. The van der Waals surface area contributed by atoms with E-state index in [4.69, 9.17) is 56.8 Å². The maximum atomic E-state index is 15.5. The Hall–Kier alpha value is -2.40. The van der Waals surface area contributed by atoms with Gasteiger partial charge in [0.25, 0.3) is 0 Å². The molecule has 0 spiro atoms. The Labute approximate surface area is 543 Å². The van der Waals surface area contributed by atoms with E-state index in [0.717, 1.165) is 5.57 Å². The van der Waals surface area contributed by atoms with Crippen LogP contribution in [0.3, 0.4) is 0 Å². The highest BCUT2D eigenvalue weighted by Crippen LogP contribution is 2.76. The minimum atomic E-state index is -2.03. The summed E-state index contributed by atoms with van der Waals surface area (Å²) in [5, 5.41) is 186. The van der Waals surface area contributed by atoms with Gasteiger partial charge < -0.3 is 144 Å². The van der Waals surface area contributed by atoms with E-state index in [0.29, 0.717) is 44.9 Å². The molecule has 17 N–H and O–H groups in total. The van der Waals surface area contributed by atoms with E-state index in [1.54, 1.807) is 0 Å². The van der Waals surface area contributed by atoms with Gasteiger partial charge in [0.15, 0.2) is 43.7 Å². The van der Waals surface area contributed by atoms with Crippen molar-refractivity contribution in [2.24, 2.45) is 50.2 Å². The second-order valence-electron chi connectivity index (χ2n) is 30.7. The highest BCUT2D eigenvalue weighted by atomic mass is 16.8. The molecule has 0 bridgehead atoms. The molecule has 5 aliphatic carbocycles. The average Bonchev–Trinajstić information content (AvgIpc) is 0.672. The predicted molar refractivity (Wildman–Crippen MR) is 311 cm³/mol. The molecule has 0 amide bonds. The molecule has 0 aromatic carbocycles. The number of carboxylic acids is 1. The lowest BCUT2D eigenvalue weighted by atomic mass is 9.33. The van der Waals surface area contributed by atoms with Crippen LogP contribution in [0.15, 0.2) is 11.6 Å². The molecule has 6 saturated heterocycles. The van der Waals surface area contributed by atoms with E-state index in [1.165, 1.54) is 6.92 Å². The zero-order valence-corrected chi connectivity index (χ0v) is 54.1. The van der Waals surface area contributed by atoms with Gasteiger partial charge in [-0.2, -0.15) is 0 Å². The monoisotopic (exact) mass is 1350 g/mol. The van der Waals surface area contributed by atoms with Crippen molar-refractivity contribution in [2.45, 2.75) is 291 Å². The molecule has 6 heterocycles. The van der Waals surface area contributed by atoms with Gasteiger partial charge in [0.1, 0.15) is 115 Å². The summed E-state index contributed by atoms with van der Waals surface area (Å²) in [6.45, 7) is 14.3. The number of ether oxygens (including phenoxy) is 12. The number of hydrogen-bond donors (Lipinski definition) is 17. The molecule has 0 radical (unpaired) electrons. The number of carbonyl (C=O) groups excluding carboxylic acids is 1. The van der Waals surface area contributed by atoms with E-state index >= 15 is 4.79 Å². The van der Waals surface area contributed by atoms with Crippen LogP contribution in [-0.2, 0) is 66.4 Å². The summed E-state index contributed by atoms with van der Waals surface area (Å²) in [6, 6.07) is 0. The first-order chi connectivity index (χ1) is 44.0. The molecule has 31 nitrogen and oxygen atoms in total. The van der Waals surface area contributed by atoms with Crippen LogP contribution in [0.2, 0.25) is 0 Å². The predicted octanol–water partition coefficient (Wildman–Crippen LogP) is -4.38. The molecule has 94 heavy (non-hydrogen) atoms. The van der Waals surface area contributed by atoms with Gasteiger partial charge in [0, 0.05) is 0 Å². The molecule has 6 aliphatic heterocycles. The van der Waals surface area contributed by atoms with Crippen LogP contribution in [0.1, 0.15) is 113 Å². The van der Waals surface area contributed by atoms with Crippen molar-refractivity contribution in [3.05, 3.63) is 11.6 Å². The quantitative estimate of drug-likeness (QED) is 0.0444. The molecule has 11 aliphatic rings. The molecular weight excluding hydrogens is 1250 g/mol. The zero-order valence-electron chi connectivity index (χ0n) is 54.1. The van der Waals surface area contributed by atoms with Gasteiger partial charge in [-0.1, -0.05) is 60.1 Å². The van der Waals surface area contributed by atoms with Crippen molar-refractivity contribution in [3.8, 4) is 0 Å². The van der Waals surface area contributed by atoms with Gasteiger partial charge in [0.2, 0.25) is 6.29 Å². The number of aliphatic hydroxyl groups excluding tert-OH is 16. The van der Waals surface area contributed by atoms with Gasteiger partial charge >= 0.3 is 11.9 Å². The summed E-state index contributed by atoms with van der Waals surface area (Å²) in [5.41, 5.74) is -3.06. The number of carboxylic acid groups (broad SMARTS) is 1. The molecule has 0 aromatic heterocycles. The lowest BCUT2D eigenvalue weighted by Crippen LogP contribution is -2.68. The van der Waals surface area contributed by atoms with Crippen molar-refractivity contribution < 1.29 is 153 Å². The van der Waals surface area contributed by atoms with Crippen LogP contribution in [-0.4, -0.2) is 303 Å². The first kappa shape index (κ1) is 72.8. The summed E-state index contributed by atoms with van der Waals surface area (Å²) in [7, 11) is 0. The third kappa shape index (κ3) is 12.3. The van der Waals surface area contributed by atoms with E-state index in [-0.39, 0.29) is 35.5 Å². The smallest absolute Gasteiger partial charge is 0.335 e. The first-order valence-corrected chi connectivity index (χ1v) is 33.0. The fourth-order valence-electron chi connectivity index (χ4n) is 18.7. The number of aliphatic carboxylic acids is 1. The number of carbonyl (C=O) groups is 2. The zero-order chi connectivity index (χ0) is 68.6. The van der Waals surface area contributed by atoms with Crippen molar-refractivity contribution in [2.75, 3.05) is 26.4 Å². The Bertz CT molecular complexity index is 2710. The molecule has 538 valence electrons. The fourth-order valence-corrected chi connectivity index (χ4v) is 18.7. The van der Waals surface area contributed by atoms with E-state index in [1.807, 2.05) is 0 Å². The Morgan fingerprint density at radius 1 is 0.521 bits per heavy atom. The van der Waals surface area contributed by atoms with Crippen LogP contribution in [0.5, 0.6) is 0 Å². The molecule has 11 rings (SSSR count). The standard InChI is InChI=1S/C63H100O31/c1-23-45(89-52-43(78)46(28(67)22-84-52)90-51-39(74)34(69)26(65)20-83-51)38(73)41(76)53(86-23)93-49-35(70)27(66)21-85-56(49)94-57(82)63-16-15-58(2,3)17-25(63)24-9-10-31-60(6)13-12-33(59(4,5)30(60)11-14-61(31,7)62(24,8)18-32(63)68)88-55-44(79)47(42(77)48(92-55)50(80)81)91-54-40(75)37(72)36(71)29(19-64)87-54/h9,23,25-49,51-56,64-79H,10-22H2,1-8H3,(H,80,81)/t23-,25-,26+,27+,28+,29+,30-,31+,32+,33-,34-,35+,36+,37-,38-,39+,40+,41+,42-,43+,44+,45-,46-,47-,48-,49+,51-,52-,53-,54-,55+,56-,60-,61+,62+,63+/m0/s1. The second kappa shape index (κ2) is 26.8. The van der Waals surface area contributed by atoms with E-state index < -0.39 is 244 Å². The third-order valence-corrected chi connectivity index (χ3v) is 24.4. The first-order valence-electron chi connectivity index (χ1n) is 33.0. The molecule has 31 heteroatoms. The van der Waals surface area contributed by atoms with Crippen LogP contribution in [0.25, 0.3) is 0 Å². The van der Waals surface area contributed by atoms with Crippen molar-refractivity contribution >= 4 is 11.9 Å². The van der Waals surface area contributed by atoms with E-state index in [9.17, 15) is 91.6 Å². The third-order valence-electron chi connectivity index (χ3n) is 24.4. The lowest BCUT2D eigenvalue weighted by molar-refractivity contribution is -0.375. The minimum Gasteiger partial charge on any atom is -0.479 e. The summed E-state index contributed by atoms with van der Waals surface area (Å²) in [6.07, 6.45) is -41.8. The van der Waals surface area contributed by atoms with Gasteiger partial charge in [-0.15, -0.1) is 0 Å². The van der Waals surface area contributed by atoms with E-state index in [2.05, 4.69) is 54.5 Å². The van der Waals surface area contributed by atoms with Crippen LogP contribution in [0, 0.1) is 50.2 Å². The Kier molecular flexibility index (Phi) is 20.8. The average molecular weight is 1350 g/mol. The van der Waals surface area contributed by atoms with Gasteiger partial charge in [-0.25, -0.2) is 4.79 Å². The molecule has 0 unspecified atom stereocenters. The highest BCUT2D eigenvalue weighted by molar-refractivity contribution is 5.80. The number of aliphatic hydroxyl groups is 16. The summed E-state index contributed by atoms with van der Waals surface area (Å²) >= 11 is 0. The number of hydrogen-bond acceptors (Lipinski definition) is 30. The Morgan fingerprint density at radius 2 is 1.09 bits per heavy atom. The number of esters is 1. The Balaban J connectivity index is 0.784. The van der Waals surface area contributed by atoms with Gasteiger partial charge in [-0.3, -0.25) is 4.79 Å². The molecular formula is C63H100O31. The van der Waals surface area contributed by atoms with Gasteiger partial charge in [0.05, 0.1) is 44.7 Å². The SMILES string of the molecule is C[C@@H]1O[C@@H](O[C@H]2[C@H](OC(=O)[C@]34CCC(C)(C)C[C@H]3C3=CC[C@@H]5[C@@]6(C)CC[C@H](O[C@@H]7O[C@H](C(=O)O)[C@@H](O)[C@H](O[C@@H]8O[C@H](CO)[C@@H](O)[C@H](O)[C@H]8O)[C@H]7O)C(C)(C)[C@@H]6CC[C@@]5(C)[C@]3(C)C[C@H]4O)OC[C@@H](O)[C@H]2O)[C@H](O)[C@H](O)[C@H]1O[C@@H]1OC[C@@H](O)[C@H](O[C@@H]2OC[C@@H](O)[C@H](O)[C@H]2O)[C@H]1O. The highest BCUT2D eigenvalue weighted by Gasteiger charge is 2.72. The van der Waals surface area contributed by atoms with Crippen LogP contribution < -0.4 is 0 Å². The lowest BCUT2D eigenvalue weighted by Gasteiger charge is -2.71. The van der Waals surface area contributed by atoms with Crippen molar-refractivity contribution in [1.82, 2.24) is 0 Å². The molecule has 0 aromatic rings. The number of fused-ring (bicyclic) bond motifs is 7. The fraction of sp³-hybridized carbons (Fsp3) is 0.937. The minimum absolute atomic E-state index is 0.0107. The normalized spacial score (nSPS) is 54.2. The van der Waals surface area contributed by atoms with Crippen LogP contribution in [0.4, 0.5) is 0 Å². The second-order valence-corrected chi connectivity index (χ2v) is 30.7. The van der Waals surface area contributed by atoms with Crippen LogP contribution >= 0.6 is 0 Å². The maximum absolute atomic E-state index is 15.5. The summed E-state index contributed by atoms with van der Waals surface area (Å²) in [4.78, 5) is 28.1.